The van der Waals surface area contributed by atoms with E-state index in [1.165, 1.54) is 11.1 Å². The largest absolute Gasteiger partial charge is 0.377 e. The molecule has 1 fully saturated rings. The molecule has 3 rings (SSSR count). The first-order valence-electron chi connectivity index (χ1n) is 5.80. The Labute approximate surface area is 106 Å². The minimum absolute atomic E-state index is 0.373. The van der Waals surface area contributed by atoms with Crippen molar-refractivity contribution in [1.82, 2.24) is 5.32 Å². The standard InChI is InChI=1S/C13H15ClN2O/c1-2-16(11-7-17-8-11)13-4-10-6-15-5-9(10)3-12(13)14/h2-4,11,15H,1,5-8H2. The number of nitrogens with zero attached hydrogens (tertiary/aromatic N) is 1. The summed E-state index contributed by atoms with van der Waals surface area (Å²) in [4.78, 5) is 2.12. The van der Waals surface area contributed by atoms with Crippen LogP contribution in [0, 0.1) is 0 Å². The van der Waals surface area contributed by atoms with Gasteiger partial charge in [0.15, 0.2) is 0 Å². The summed E-state index contributed by atoms with van der Waals surface area (Å²) in [6, 6.07) is 4.59. The van der Waals surface area contributed by atoms with Crippen molar-refractivity contribution in [3.8, 4) is 0 Å². The lowest BCUT2D eigenvalue weighted by atomic mass is 10.1. The van der Waals surface area contributed by atoms with E-state index in [1.54, 1.807) is 0 Å². The van der Waals surface area contributed by atoms with Crippen LogP contribution in [0.4, 0.5) is 5.69 Å². The van der Waals surface area contributed by atoms with Crippen LogP contribution in [0.5, 0.6) is 0 Å². The fraction of sp³-hybridized carbons (Fsp3) is 0.385. The first-order valence-corrected chi connectivity index (χ1v) is 6.18. The topological polar surface area (TPSA) is 24.5 Å². The highest BCUT2D eigenvalue weighted by atomic mass is 35.5. The summed E-state index contributed by atoms with van der Waals surface area (Å²) in [6.45, 7) is 7.20. The Kier molecular flexibility index (Phi) is 2.82. The Bertz CT molecular complexity index is 457. The van der Waals surface area contributed by atoms with Crippen molar-refractivity contribution in [2.45, 2.75) is 19.1 Å². The van der Waals surface area contributed by atoms with Gasteiger partial charge in [-0.2, -0.15) is 0 Å². The highest BCUT2D eigenvalue weighted by molar-refractivity contribution is 6.33. The molecule has 0 radical (unpaired) electrons. The van der Waals surface area contributed by atoms with Crippen molar-refractivity contribution in [2.24, 2.45) is 0 Å². The van der Waals surface area contributed by atoms with Crippen molar-refractivity contribution >= 4 is 17.3 Å². The number of ether oxygens (including phenoxy) is 1. The predicted molar refractivity (Wildman–Crippen MR) is 69.3 cm³/mol. The molecule has 4 heteroatoms. The smallest absolute Gasteiger partial charge is 0.0803 e. The lowest BCUT2D eigenvalue weighted by Gasteiger charge is -2.37. The van der Waals surface area contributed by atoms with E-state index in [1.807, 2.05) is 6.20 Å². The molecule has 0 atom stereocenters. The Hall–Kier alpha value is -1.03. The molecular formula is C13H15ClN2O. The summed E-state index contributed by atoms with van der Waals surface area (Å²) in [5.41, 5.74) is 3.67. The van der Waals surface area contributed by atoms with Gasteiger partial charge < -0.3 is 15.0 Å². The fourth-order valence-corrected chi connectivity index (χ4v) is 2.62. The lowest BCUT2D eigenvalue weighted by molar-refractivity contribution is 0.0118. The van der Waals surface area contributed by atoms with Crippen LogP contribution in [0.25, 0.3) is 0 Å². The molecule has 1 aromatic carbocycles. The molecule has 1 aromatic rings. The van der Waals surface area contributed by atoms with Gasteiger partial charge in [0.05, 0.1) is 30.0 Å². The van der Waals surface area contributed by atoms with Gasteiger partial charge >= 0.3 is 0 Å². The molecule has 1 saturated heterocycles. The van der Waals surface area contributed by atoms with Gasteiger partial charge in [-0.25, -0.2) is 0 Å². The maximum absolute atomic E-state index is 6.35. The van der Waals surface area contributed by atoms with E-state index < -0.39 is 0 Å². The Morgan fingerprint density at radius 3 is 2.65 bits per heavy atom. The highest BCUT2D eigenvalue weighted by Crippen LogP contribution is 2.33. The van der Waals surface area contributed by atoms with Crippen molar-refractivity contribution in [3.63, 3.8) is 0 Å². The van der Waals surface area contributed by atoms with E-state index in [4.69, 9.17) is 16.3 Å². The molecule has 1 N–H and O–H groups in total. The van der Waals surface area contributed by atoms with E-state index >= 15 is 0 Å². The van der Waals surface area contributed by atoms with Gasteiger partial charge in [-0.3, -0.25) is 0 Å². The molecule has 0 aromatic heterocycles. The highest BCUT2D eigenvalue weighted by Gasteiger charge is 2.27. The molecule has 0 unspecified atom stereocenters. The molecule has 0 amide bonds. The first kappa shape index (κ1) is 11.1. The summed E-state index contributed by atoms with van der Waals surface area (Å²) in [5.74, 6) is 0. The normalized spacial score (nSPS) is 18.6. The molecule has 90 valence electrons. The Morgan fingerprint density at radius 1 is 1.35 bits per heavy atom. The minimum Gasteiger partial charge on any atom is -0.377 e. The number of rotatable bonds is 3. The maximum atomic E-state index is 6.35. The van der Waals surface area contributed by atoms with Gasteiger partial charge in [-0.15, -0.1) is 0 Å². The zero-order chi connectivity index (χ0) is 11.8. The summed E-state index contributed by atoms with van der Waals surface area (Å²) in [5, 5.41) is 4.12. The zero-order valence-corrected chi connectivity index (χ0v) is 10.3. The van der Waals surface area contributed by atoms with Crippen LogP contribution in [0.3, 0.4) is 0 Å². The van der Waals surface area contributed by atoms with Crippen LogP contribution in [0.2, 0.25) is 5.02 Å². The SMILES string of the molecule is C=CN(c1cc2c(cc1Cl)CNC2)C1COC1. The summed E-state index contributed by atoms with van der Waals surface area (Å²) in [7, 11) is 0. The number of halogens is 1. The molecule has 2 aliphatic heterocycles. The Morgan fingerprint density at radius 2 is 2.06 bits per heavy atom. The number of nitrogens with one attached hydrogen (secondary N) is 1. The Balaban J connectivity index is 1.98. The molecule has 2 aliphatic rings. The van der Waals surface area contributed by atoms with Crippen LogP contribution in [0.1, 0.15) is 11.1 Å². The third kappa shape index (κ3) is 1.84. The second kappa shape index (κ2) is 4.33. The number of hydrogen-bond acceptors (Lipinski definition) is 3. The zero-order valence-electron chi connectivity index (χ0n) is 9.58. The van der Waals surface area contributed by atoms with Crippen molar-refractivity contribution in [3.05, 3.63) is 41.1 Å². The second-order valence-electron chi connectivity index (χ2n) is 4.46. The van der Waals surface area contributed by atoms with Crippen LogP contribution in [-0.4, -0.2) is 19.3 Å². The maximum Gasteiger partial charge on any atom is 0.0803 e. The van der Waals surface area contributed by atoms with Gasteiger partial charge in [0.1, 0.15) is 0 Å². The monoisotopic (exact) mass is 250 g/mol. The van der Waals surface area contributed by atoms with Crippen molar-refractivity contribution in [2.75, 3.05) is 18.1 Å². The van der Waals surface area contributed by atoms with Gasteiger partial charge in [0.2, 0.25) is 0 Å². The summed E-state index contributed by atoms with van der Waals surface area (Å²) in [6.07, 6.45) is 1.84. The van der Waals surface area contributed by atoms with Crippen LogP contribution < -0.4 is 10.2 Å². The average molecular weight is 251 g/mol. The van der Waals surface area contributed by atoms with E-state index in [-0.39, 0.29) is 0 Å². The average Bonchev–Trinajstić information content (AvgIpc) is 2.69. The van der Waals surface area contributed by atoms with E-state index in [9.17, 15) is 0 Å². The molecule has 17 heavy (non-hydrogen) atoms. The molecule has 0 saturated carbocycles. The molecule has 2 heterocycles. The van der Waals surface area contributed by atoms with E-state index in [0.29, 0.717) is 6.04 Å². The van der Waals surface area contributed by atoms with Crippen LogP contribution in [-0.2, 0) is 17.8 Å². The predicted octanol–water partition coefficient (Wildman–Crippen LogP) is 2.29. The number of fused-ring (bicyclic) bond motifs is 1. The van der Waals surface area contributed by atoms with Gasteiger partial charge in [-0.05, 0) is 29.5 Å². The van der Waals surface area contributed by atoms with Crippen LogP contribution in [0.15, 0.2) is 24.9 Å². The molecule has 0 bridgehead atoms. The first-order chi connectivity index (χ1) is 8.29. The van der Waals surface area contributed by atoms with Crippen molar-refractivity contribution in [1.29, 1.82) is 0 Å². The quantitative estimate of drug-likeness (QED) is 0.891. The van der Waals surface area contributed by atoms with E-state index in [0.717, 1.165) is 37.0 Å². The number of hydrogen-bond donors (Lipinski definition) is 1. The fourth-order valence-electron chi connectivity index (χ4n) is 2.33. The molecule has 0 aliphatic carbocycles. The third-order valence-corrected chi connectivity index (χ3v) is 3.69. The van der Waals surface area contributed by atoms with Crippen LogP contribution >= 0.6 is 11.6 Å². The summed E-state index contributed by atoms with van der Waals surface area (Å²) < 4.78 is 5.23. The summed E-state index contributed by atoms with van der Waals surface area (Å²) >= 11 is 6.35. The van der Waals surface area contributed by atoms with Gasteiger partial charge in [0, 0.05) is 13.1 Å². The van der Waals surface area contributed by atoms with Crippen molar-refractivity contribution < 1.29 is 4.74 Å². The van der Waals surface area contributed by atoms with E-state index in [2.05, 4.69) is 28.9 Å². The third-order valence-electron chi connectivity index (χ3n) is 3.39. The molecule has 0 spiro atoms. The lowest BCUT2D eigenvalue weighted by Crippen LogP contribution is -2.46. The minimum atomic E-state index is 0.373. The van der Waals surface area contributed by atoms with Gasteiger partial charge in [-0.1, -0.05) is 18.2 Å². The van der Waals surface area contributed by atoms with Gasteiger partial charge in [0.25, 0.3) is 0 Å². The molecular weight excluding hydrogens is 236 g/mol. The molecule has 3 nitrogen and oxygen atoms in total. The number of benzene rings is 1. The second-order valence-corrected chi connectivity index (χ2v) is 4.86. The number of anilines is 1.